The van der Waals surface area contributed by atoms with E-state index in [-0.39, 0.29) is 0 Å². The molecule has 6 aromatic carbocycles. The van der Waals surface area contributed by atoms with Gasteiger partial charge in [-0.15, -0.1) is 0 Å². The molecule has 0 aliphatic carbocycles. The lowest BCUT2D eigenvalue weighted by atomic mass is 9.99. The summed E-state index contributed by atoms with van der Waals surface area (Å²) < 4.78 is 0. The Kier molecular flexibility index (Phi) is 7.85. The summed E-state index contributed by atoms with van der Waals surface area (Å²) in [5.41, 5.74) is 10.2. The zero-order valence-electron chi connectivity index (χ0n) is 24.0. The van der Waals surface area contributed by atoms with Crippen molar-refractivity contribution < 1.29 is 0 Å². The maximum atomic E-state index is 9.44. The van der Waals surface area contributed by atoms with Crippen molar-refractivity contribution in [3.63, 3.8) is 0 Å². The molecule has 45 heavy (non-hydrogen) atoms. The summed E-state index contributed by atoms with van der Waals surface area (Å²) in [6.45, 7) is 0. The summed E-state index contributed by atoms with van der Waals surface area (Å²) in [7, 11) is 0. The molecule has 5 heteroatoms. The predicted molar refractivity (Wildman–Crippen MR) is 176 cm³/mol. The van der Waals surface area contributed by atoms with Gasteiger partial charge in [0, 0.05) is 17.1 Å². The van der Waals surface area contributed by atoms with Gasteiger partial charge in [0.05, 0.1) is 46.5 Å². The molecule has 0 N–H and O–H groups in total. The number of anilines is 3. The van der Waals surface area contributed by atoms with Crippen molar-refractivity contribution in [2.75, 3.05) is 4.90 Å². The molecule has 0 saturated carbocycles. The lowest BCUT2D eigenvalue weighted by molar-refractivity contribution is 1.28. The van der Waals surface area contributed by atoms with Gasteiger partial charge in [0.1, 0.15) is 0 Å². The molecule has 0 spiro atoms. The highest BCUT2D eigenvalue weighted by Crippen LogP contribution is 2.38. The Morgan fingerprint density at radius 2 is 0.600 bits per heavy atom. The van der Waals surface area contributed by atoms with Crippen LogP contribution in [0.1, 0.15) is 22.3 Å². The van der Waals surface area contributed by atoms with E-state index in [0.29, 0.717) is 22.3 Å². The van der Waals surface area contributed by atoms with Crippen molar-refractivity contribution in [2.24, 2.45) is 0 Å². The molecule has 0 unspecified atom stereocenters. The zero-order valence-corrected chi connectivity index (χ0v) is 24.0. The number of hydrogen-bond donors (Lipinski definition) is 0. The maximum Gasteiger partial charge on any atom is 0.0992 e. The van der Waals surface area contributed by atoms with Gasteiger partial charge < -0.3 is 4.90 Å². The second-order valence-corrected chi connectivity index (χ2v) is 10.4. The first-order chi connectivity index (χ1) is 22.1. The predicted octanol–water partition coefficient (Wildman–Crippen LogP) is 9.64. The number of benzene rings is 6. The van der Waals surface area contributed by atoms with Crippen LogP contribution in [0.5, 0.6) is 0 Å². The van der Waals surface area contributed by atoms with Crippen molar-refractivity contribution >= 4 is 17.1 Å². The van der Waals surface area contributed by atoms with E-state index in [1.165, 1.54) is 0 Å². The van der Waals surface area contributed by atoms with Gasteiger partial charge in [-0.1, -0.05) is 66.7 Å². The third kappa shape index (κ3) is 6.02. The standard InChI is InChI=1S/C40H23N5/c41-24-28-18-29(25-42)21-36(20-28)34-8-14-39(15-9-34)45(38-12-6-33(7-13-38)32-4-2-1-3-5-32)40-16-10-35(11-17-40)37-22-30(26-43)19-31(23-37)27-44/h1-23H. The molecular formula is C40H23N5. The van der Waals surface area contributed by atoms with Gasteiger partial charge in [0.25, 0.3) is 0 Å². The molecule has 6 rings (SSSR count). The lowest BCUT2D eigenvalue weighted by Crippen LogP contribution is -2.09. The first-order valence-electron chi connectivity index (χ1n) is 14.2. The average Bonchev–Trinajstić information content (AvgIpc) is 3.12. The molecule has 0 bridgehead atoms. The monoisotopic (exact) mass is 573 g/mol. The summed E-state index contributed by atoms with van der Waals surface area (Å²) in [5, 5.41) is 37.8. The summed E-state index contributed by atoms with van der Waals surface area (Å²) in [5.74, 6) is 0. The Morgan fingerprint density at radius 1 is 0.311 bits per heavy atom. The van der Waals surface area contributed by atoms with Gasteiger partial charge in [-0.05, 0) is 106 Å². The molecule has 0 fully saturated rings. The van der Waals surface area contributed by atoms with Crippen molar-refractivity contribution in [3.05, 3.63) is 162 Å². The van der Waals surface area contributed by atoms with Crippen molar-refractivity contribution in [3.8, 4) is 57.7 Å². The van der Waals surface area contributed by atoms with Crippen LogP contribution in [-0.2, 0) is 0 Å². The molecule has 6 aromatic rings. The lowest BCUT2D eigenvalue weighted by Gasteiger charge is -2.26. The third-order valence-corrected chi connectivity index (χ3v) is 7.53. The van der Waals surface area contributed by atoms with Gasteiger partial charge in [-0.25, -0.2) is 0 Å². The fourth-order valence-corrected chi connectivity index (χ4v) is 5.33. The van der Waals surface area contributed by atoms with Crippen LogP contribution in [0, 0.1) is 45.3 Å². The molecule has 0 aromatic heterocycles. The topological polar surface area (TPSA) is 98.4 Å². The summed E-state index contributed by atoms with van der Waals surface area (Å²) >= 11 is 0. The minimum absolute atomic E-state index is 0.440. The SMILES string of the molecule is N#Cc1cc(C#N)cc(-c2ccc(N(c3ccc(-c4ccccc4)cc3)c3ccc(-c4cc(C#N)cc(C#N)c4)cc3)cc2)c1. The second-order valence-electron chi connectivity index (χ2n) is 10.4. The first kappa shape index (κ1) is 28.2. The number of nitriles is 4. The van der Waals surface area contributed by atoms with E-state index in [0.717, 1.165) is 50.4 Å². The number of rotatable bonds is 6. The van der Waals surface area contributed by atoms with Crippen molar-refractivity contribution in [1.29, 1.82) is 21.0 Å². The van der Waals surface area contributed by atoms with Crippen LogP contribution in [0.3, 0.4) is 0 Å². The van der Waals surface area contributed by atoms with Crippen LogP contribution in [0.2, 0.25) is 0 Å². The Hall–Kier alpha value is -6.92. The fourth-order valence-electron chi connectivity index (χ4n) is 5.33. The van der Waals surface area contributed by atoms with Crippen LogP contribution < -0.4 is 4.90 Å². The van der Waals surface area contributed by atoms with E-state index >= 15 is 0 Å². The van der Waals surface area contributed by atoms with Gasteiger partial charge in [0.2, 0.25) is 0 Å². The summed E-state index contributed by atoms with van der Waals surface area (Å²) in [4.78, 5) is 2.15. The van der Waals surface area contributed by atoms with Gasteiger partial charge in [-0.3, -0.25) is 0 Å². The molecule has 0 amide bonds. The first-order valence-corrected chi connectivity index (χ1v) is 14.2. The largest absolute Gasteiger partial charge is 0.311 e. The molecule has 0 heterocycles. The molecule has 0 radical (unpaired) electrons. The summed E-state index contributed by atoms with van der Waals surface area (Å²) in [6.07, 6.45) is 0. The molecule has 0 aliphatic rings. The fraction of sp³-hybridized carbons (Fsp3) is 0. The molecule has 0 saturated heterocycles. The summed E-state index contributed by atoms with van der Waals surface area (Å²) in [6, 6.07) is 53.5. The Labute approximate surface area is 262 Å². The minimum atomic E-state index is 0.440. The Morgan fingerprint density at radius 3 is 0.911 bits per heavy atom. The minimum Gasteiger partial charge on any atom is -0.311 e. The van der Waals surface area contributed by atoms with Crippen LogP contribution in [0.25, 0.3) is 33.4 Å². The third-order valence-electron chi connectivity index (χ3n) is 7.53. The highest BCUT2D eigenvalue weighted by molar-refractivity contribution is 5.81. The van der Waals surface area contributed by atoms with E-state index < -0.39 is 0 Å². The second kappa shape index (κ2) is 12.5. The molecular weight excluding hydrogens is 550 g/mol. The van der Waals surface area contributed by atoms with Gasteiger partial charge >= 0.3 is 0 Å². The number of hydrogen-bond acceptors (Lipinski definition) is 5. The average molecular weight is 574 g/mol. The zero-order chi connectivity index (χ0) is 31.2. The Bertz CT molecular complexity index is 1990. The number of nitrogens with zero attached hydrogens (tertiary/aromatic N) is 5. The van der Waals surface area contributed by atoms with Crippen molar-refractivity contribution in [1.82, 2.24) is 0 Å². The smallest absolute Gasteiger partial charge is 0.0992 e. The molecule has 0 atom stereocenters. The molecule has 208 valence electrons. The van der Waals surface area contributed by atoms with E-state index in [1.807, 2.05) is 66.7 Å². The van der Waals surface area contributed by atoms with Gasteiger partial charge in [0.15, 0.2) is 0 Å². The van der Waals surface area contributed by atoms with E-state index in [9.17, 15) is 21.0 Å². The van der Waals surface area contributed by atoms with Gasteiger partial charge in [-0.2, -0.15) is 21.0 Å². The quantitative estimate of drug-likeness (QED) is 0.197. The van der Waals surface area contributed by atoms with Crippen LogP contribution in [-0.4, -0.2) is 0 Å². The molecule has 5 nitrogen and oxygen atoms in total. The highest BCUT2D eigenvalue weighted by atomic mass is 15.1. The normalized spacial score (nSPS) is 10.1. The van der Waals surface area contributed by atoms with Crippen LogP contribution in [0.15, 0.2) is 140 Å². The molecule has 0 aliphatic heterocycles. The van der Waals surface area contributed by atoms with E-state index in [4.69, 9.17) is 0 Å². The maximum absolute atomic E-state index is 9.44. The Balaban J connectivity index is 1.41. The van der Waals surface area contributed by atoms with Crippen LogP contribution in [0.4, 0.5) is 17.1 Å². The van der Waals surface area contributed by atoms with Crippen LogP contribution >= 0.6 is 0 Å². The van der Waals surface area contributed by atoms with E-state index in [2.05, 4.69) is 65.6 Å². The van der Waals surface area contributed by atoms with Crippen molar-refractivity contribution in [2.45, 2.75) is 0 Å². The van der Waals surface area contributed by atoms with E-state index in [1.54, 1.807) is 36.4 Å². The highest BCUT2D eigenvalue weighted by Gasteiger charge is 2.14.